The predicted molar refractivity (Wildman–Crippen MR) is 119 cm³/mol. The second kappa shape index (κ2) is 16.5. The van der Waals surface area contributed by atoms with Crippen LogP contribution in [-0.2, 0) is 16.1 Å². The first kappa shape index (κ1) is 24.6. The van der Waals surface area contributed by atoms with E-state index in [9.17, 15) is 14.7 Å². The first-order valence-electron chi connectivity index (χ1n) is 10.6. The van der Waals surface area contributed by atoms with E-state index in [1.165, 1.54) is 0 Å². The van der Waals surface area contributed by atoms with Gasteiger partial charge in [0.05, 0.1) is 6.10 Å². The normalized spacial score (nSPS) is 12.8. The van der Waals surface area contributed by atoms with Crippen molar-refractivity contribution < 1.29 is 14.7 Å². The first-order chi connectivity index (χ1) is 14.1. The van der Waals surface area contributed by atoms with Crippen LogP contribution in [0.15, 0.2) is 66.8 Å². The number of rotatable bonds is 15. The molecule has 29 heavy (non-hydrogen) atoms. The van der Waals surface area contributed by atoms with Crippen molar-refractivity contribution in [2.75, 3.05) is 0 Å². The van der Waals surface area contributed by atoms with Crippen molar-refractivity contribution in [2.45, 2.75) is 70.9 Å². The monoisotopic (exact) mass is 397 g/mol. The number of carbonyl (C=O) groups excluding carboxylic acids is 2. The van der Waals surface area contributed by atoms with Gasteiger partial charge in [-0.05, 0) is 30.9 Å². The lowest BCUT2D eigenvalue weighted by Crippen LogP contribution is -2.22. The maximum Gasteiger partial charge on any atom is 0.220 e. The minimum atomic E-state index is -0.408. The molecule has 1 aromatic rings. The Balaban J connectivity index is 1.98. The molecule has 0 heterocycles. The zero-order valence-electron chi connectivity index (χ0n) is 17.6. The van der Waals surface area contributed by atoms with Crippen LogP contribution < -0.4 is 5.32 Å². The van der Waals surface area contributed by atoms with Gasteiger partial charge in [0, 0.05) is 19.4 Å². The molecule has 158 valence electrons. The molecule has 4 heteroatoms. The van der Waals surface area contributed by atoms with Gasteiger partial charge in [-0.15, -0.1) is 0 Å². The molecule has 4 nitrogen and oxygen atoms in total. The van der Waals surface area contributed by atoms with Crippen LogP contribution in [0.5, 0.6) is 0 Å². The van der Waals surface area contributed by atoms with E-state index in [1.54, 1.807) is 36.5 Å². The lowest BCUT2D eigenvalue weighted by atomic mass is 10.1. The molecule has 2 N–H and O–H groups in total. The summed E-state index contributed by atoms with van der Waals surface area (Å²) >= 11 is 0. The third-order valence-electron chi connectivity index (χ3n) is 4.53. The Morgan fingerprint density at radius 1 is 0.931 bits per heavy atom. The SMILES string of the molecule is CC[C@H](O)C=CC=CC=CC(=O)CCCCCCCC(=O)NCc1ccccc1. The van der Waals surface area contributed by atoms with E-state index in [0.29, 0.717) is 25.8 Å². The van der Waals surface area contributed by atoms with Gasteiger partial charge in [0.2, 0.25) is 5.91 Å². The van der Waals surface area contributed by atoms with E-state index in [1.807, 2.05) is 37.3 Å². The summed E-state index contributed by atoms with van der Waals surface area (Å²) in [6.07, 6.45) is 16.7. The van der Waals surface area contributed by atoms with E-state index in [4.69, 9.17) is 0 Å². The lowest BCUT2D eigenvalue weighted by Gasteiger charge is -2.05. The highest BCUT2D eigenvalue weighted by Crippen LogP contribution is 2.08. The Morgan fingerprint density at radius 2 is 1.59 bits per heavy atom. The second-order valence-corrected chi connectivity index (χ2v) is 7.10. The minimum Gasteiger partial charge on any atom is -0.389 e. The largest absolute Gasteiger partial charge is 0.389 e. The van der Waals surface area contributed by atoms with Crippen LogP contribution in [0.3, 0.4) is 0 Å². The molecule has 1 atom stereocenters. The van der Waals surface area contributed by atoms with Crippen molar-refractivity contribution in [3.05, 3.63) is 72.4 Å². The molecule has 1 amide bonds. The molecule has 0 saturated carbocycles. The highest BCUT2D eigenvalue weighted by Gasteiger charge is 2.01. The van der Waals surface area contributed by atoms with Crippen molar-refractivity contribution in [3.8, 4) is 0 Å². The van der Waals surface area contributed by atoms with E-state index in [-0.39, 0.29) is 11.7 Å². The number of allylic oxidation sites excluding steroid dienone is 5. The highest BCUT2D eigenvalue weighted by molar-refractivity contribution is 5.89. The molecule has 0 unspecified atom stereocenters. The summed E-state index contributed by atoms with van der Waals surface area (Å²) in [6.45, 7) is 2.50. The van der Waals surface area contributed by atoms with Gasteiger partial charge >= 0.3 is 0 Å². The molecule has 0 spiro atoms. The van der Waals surface area contributed by atoms with Crippen LogP contribution in [0.25, 0.3) is 0 Å². The average molecular weight is 398 g/mol. The Hall–Kier alpha value is -2.46. The van der Waals surface area contributed by atoms with E-state index < -0.39 is 6.10 Å². The number of aliphatic hydroxyl groups is 1. The van der Waals surface area contributed by atoms with Crippen LogP contribution in [0.4, 0.5) is 0 Å². The third-order valence-corrected chi connectivity index (χ3v) is 4.53. The molecule has 0 aliphatic carbocycles. The number of nitrogens with one attached hydrogen (secondary N) is 1. The zero-order valence-corrected chi connectivity index (χ0v) is 17.6. The summed E-state index contributed by atoms with van der Waals surface area (Å²) in [5.74, 6) is 0.230. The maximum atomic E-state index is 11.8. The van der Waals surface area contributed by atoms with Gasteiger partial charge in [0.1, 0.15) is 0 Å². The number of benzene rings is 1. The van der Waals surface area contributed by atoms with E-state index in [2.05, 4.69) is 5.32 Å². The minimum absolute atomic E-state index is 0.0984. The molecule has 0 aliphatic heterocycles. The summed E-state index contributed by atoms with van der Waals surface area (Å²) in [7, 11) is 0. The fourth-order valence-corrected chi connectivity index (χ4v) is 2.70. The summed E-state index contributed by atoms with van der Waals surface area (Å²) in [4.78, 5) is 23.6. The Kier molecular flexibility index (Phi) is 14.0. The van der Waals surface area contributed by atoms with E-state index in [0.717, 1.165) is 37.7 Å². The molecular formula is C25H35NO3. The molecule has 0 aromatic heterocycles. The van der Waals surface area contributed by atoms with Gasteiger partial charge in [-0.1, -0.05) is 86.9 Å². The molecule has 0 saturated heterocycles. The number of hydrogen-bond donors (Lipinski definition) is 2. The molecule has 0 radical (unpaired) electrons. The quantitative estimate of drug-likeness (QED) is 0.247. The van der Waals surface area contributed by atoms with Gasteiger partial charge in [0.25, 0.3) is 0 Å². The number of unbranched alkanes of at least 4 members (excludes halogenated alkanes) is 4. The molecule has 1 aromatic carbocycles. The van der Waals surface area contributed by atoms with Crippen molar-refractivity contribution in [3.63, 3.8) is 0 Å². The van der Waals surface area contributed by atoms with Gasteiger partial charge in [-0.3, -0.25) is 9.59 Å². The number of carbonyl (C=O) groups is 2. The maximum absolute atomic E-state index is 11.8. The number of amides is 1. The van der Waals surface area contributed by atoms with Crippen molar-refractivity contribution >= 4 is 11.7 Å². The summed E-state index contributed by atoms with van der Waals surface area (Å²) < 4.78 is 0. The smallest absolute Gasteiger partial charge is 0.220 e. The summed E-state index contributed by atoms with van der Waals surface area (Å²) in [6, 6.07) is 9.91. The van der Waals surface area contributed by atoms with Crippen molar-refractivity contribution in [1.29, 1.82) is 0 Å². The second-order valence-electron chi connectivity index (χ2n) is 7.10. The Labute approximate surface area is 175 Å². The van der Waals surface area contributed by atoms with Crippen LogP contribution in [0, 0.1) is 0 Å². The number of hydrogen-bond acceptors (Lipinski definition) is 3. The number of aliphatic hydroxyl groups excluding tert-OH is 1. The lowest BCUT2D eigenvalue weighted by molar-refractivity contribution is -0.121. The van der Waals surface area contributed by atoms with Crippen LogP contribution in [0.2, 0.25) is 0 Å². The topological polar surface area (TPSA) is 66.4 Å². The first-order valence-corrected chi connectivity index (χ1v) is 10.6. The fourth-order valence-electron chi connectivity index (χ4n) is 2.70. The van der Waals surface area contributed by atoms with Gasteiger partial charge in [0.15, 0.2) is 5.78 Å². The summed E-state index contributed by atoms with van der Waals surface area (Å²) in [5, 5.41) is 12.3. The molecule has 0 bridgehead atoms. The zero-order chi connectivity index (χ0) is 21.2. The molecule has 0 fully saturated rings. The molecule has 1 rings (SSSR count). The van der Waals surface area contributed by atoms with Gasteiger partial charge in [-0.2, -0.15) is 0 Å². The van der Waals surface area contributed by atoms with Gasteiger partial charge in [-0.25, -0.2) is 0 Å². The van der Waals surface area contributed by atoms with Crippen molar-refractivity contribution in [1.82, 2.24) is 5.32 Å². The molecular weight excluding hydrogens is 362 g/mol. The number of ketones is 1. The molecule has 0 aliphatic rings. The average Bonchev–Trinajstić information content (AvgIpc) is 2.74. The third kappa shape index (κ3) is 14.2. The fraction of sp³-hybridized carbons (Fsp3) is 0.440. The highest BCUT2D eigenvalue weighted by atomic mass is 16.3. The van der Waals surface area contributed by atoms with Crippen molar-refractivity contribution in [2.24, 2.45) is 0 Å². The van der Waals surface area contributed by atoms with Gasteiger partial charge < -0.3 is 10.4 Å². The Morgan fingerprint density at radius 3 is 2.31 bits per heavy atom. The standard InChI is InChI=1S/C25H35NO3/c1-2-23(27)17-11-6-7-13-19-24(28)18-12-4-3-5-14-20-25(29)26-21-22-15-9-8-10-16-22/h6-11,13,15-17,19,23,27H,2-5,12,14,18,20-21H2,1H3,(H,26,29)/t23-/m0/s1. The predicted octanol–water partition coefficient (Wildman–Crippen LogP) is 5.04. The van der Waals surface area contributed by atoms with Crippen LogP contribution in [0.1, 0.15) is 63.9 Å². The van der Waals surface area contributed by atoms with Crippen LogP contribution in [-0.4, -0.2) is 22.9 Å². The summed E-state index contributed by atoms with van der Waals surface area (Å²) in [5.41, 5.74) is 1.11. The van der Waals surface area contributed by atoms with Crippen LogP contribution >= 0.6 is 0 Å². The van der Waals surface area contributed by atoms with E-state index >= 15 is 0 Å². The Bertz CT molecular complexity index is 662.